The zero-order chi connectivity index (χ0) is 6.78. The molecule has 0 heterocycles. The fourth-order valence-electron chi connectivity index (χ4n) is 0.0860. The maximum atomic E-state index is 9.40. The van der Waals surface area contributed by atoms with Crippen LogP contribution in [0.1, 0.15) is 0 Å². The molecule has 0 aromatic heterocycles. The first-order valence-electron chi connectivity index (χ1n) is 1.29. The van der Waals surface area contributed by atoms with Gasteiger partial charge in [-0.15, -0.1) is 0 Å². The number of hydrogen-bond donors (Lipinski definition) is 1. The third kappa shape index (κ3) is 11.6. The Hall–Kier alpha value is 0.0594. The molecule has 0 aliphatic heterocycles. The Bertz CT molecular complexity index is 179. The van der Waals surface area contributed by atoms with Crippen molar-refractivity contribution in [2.45, 2.75) is 0 Å². The minimum Gasteiger partial charge on any atom is -0.478 e. The standard InChI is InChI=1S/Al.HO6SSi/c;1-7(2,3)6-8(4)5/h;(H,1,2,3)/q+3;-1. The average Bonchev–Trinajstić information content (AvgIpc) is 1.21. The van der Waals surface area contributed by atoms with Gasteiger partial charge in [0.1, 0.15) is 0 Å². The molecule has 0 atom stereocenters. The predicted molar refractivity (Wildman–Crippen MR) is 24.8 cm³/mol. The van der Waals surface area contributed by atoms with Crippen LogP contribution < -0.4 is 4.80 Å². The largest absolute Gasteiger partial charge is 3.00 e. The molecular weight excluding hydrogens is 183 g/mol. The van der Waals surface area contributed by atoms with Crippen molar-refractivity contribution < 1.29 is 26.1 Å². The Morgan fingerprint density at radius 2 is 1.89 bits per heavy atom. The Morgan fingerprint density at radius 3 is 1.89 bits per heavy atom. The van der Waals surface area contributed by atoms with Crippen molar-refractivity contribution in [3.63, 3.8) is 0 Å². The summed E-state index contributed by atoms with van der Waals surface area (Å²) in [4.78, 5) is 9.33. The van der Waals surface area contributed by atoms with Crippen molar-refractivity contribution in [3.8, 4) is 0 Å². The third-order valence-electron chi connectivity index (χ3n) is 0.173. The summed E-state index contributed by atoms with van der Waals surface area (Å²) in [7, 11) is -8.63. The second-order valence-electron chi connectivity index (χ2n) is 0.761. The topological polar surface area (TPSA) is 104 Å². The molecule has 48 valence electrons. The summed E-state index contributed by atoms with van der Waals surface area (Å²) in [5, 5.41) is 0. The van der Waals surface area contributed by atoms with E-state index in [1.54, 1.807) is 0 Å². The summed E-state index contributed by atoms with van der Waals surface area (Å²) in [5.74, 6) is 0. The van der Waals surface area contributed by atoms with Crippen LogP contribution in [0, 0.1) is 0 Å². The molecule has 0 amide bonds. The van der Waals surface area contributed by atoms with Crippen LogP contribution in [0.15, 0.2) is 0 Å². The van der Waals surface area contributed by atoms with Gasteiger partial charge in [-0.25, -0.2) is 0 Å². The zero-order valence-electron chi connectivity index (χ0n) is 3.97. The van der Waals surface area contributed by atoms with Crippen molar-refractivity contribution in [2.75, 3.05) is 0 Å². The fourth-order valence-corrected chi connectivity index (χ4v) is 0.774. The van der Waals surface area contributed by atoms with Gasteiger partial charge in [-0.1, -0.05) is 0 Å². The molecule has 0 unspecified atom stereocenters. The van der Waals surface area contributed by atoms with Crippen LogP contribution >= 0.6 is 0 Å². The first-order chi connectivity index (χ1) is 3.42. The van der Waals surface area contributed by atoms with E-state index in [2.05, 4.69) is 3.87 Å². The van der Waals surface area contributed by atoms with Gasteiger partial charge in [0.05, 0.1) is 0 Å². The Morgan fingerprint density at radius 1 is 1.56 bits per heavy atom. The van der Waals surface area contributed by atoms with Gasteiger partial charge < -0.3 is 13.1 Å². The van der Waals surface area contributed by atoms with Crippen LogP contribution in [-0.4, -0.2) is 39.5 Å². The van der Waals surface area contributed by atoms with Crippen LogP contribution in [0.2, 0.25) is 0 Å². The van der Waals surface area contributed by atoms with E-state index in [-0.39, 0.29) is 17.4 Å². The molecule has 0 aromatic carbocycles. The van der Waals surface area contributed by atoms with Gasteiger partial charge in [0.2, 0.25) is 0 Å². The molecule has 0 spiro atoms. The Labute approximate surface area is 63.4 Å². The van der Waals surface area contributed by atoms with Crippen LogP contribution in [0.3, 0.4) is 0 Å². The number of rotatable bonds is 2. The summed E-state index contributed by atoms with van der Waals surface area (Å²) in [6.07, 6.45) is 0. The Balaban J connectivity index is 0. The molecule has 6 nitrogen and oxygen atoms in total. The monoisotopic (exact) mass is 184 g/mol. The first kappa shape index (κ1) is 11.8. The van der Waals surface area contributed by atoms with E-state index in [1.165, 1.54) is 0 Å². The van der Waals surface area contributed by atoms with E-state index >= 15 is 0 Å². The molecule has 0 rings (SSSR count). The SMILES string of the molecule is O=[Si]([O-])OS(=O)(=O)O.[Al+3]. The summed E-state index contributed by atoms with van der Waals surface area (Å²) < 4.78 is 38.6. The van der Waals surface area contributed by atoms with Crippen molar-refractivity contribution >= 4 is 36.9 Å². The van der Waals surface area contributed by atoms with E-state index in [1.807, 2.05) is 0 Å². The molecule has 0 aliphatic rings. The summed E-state index contributed by atoms with van der Waals surface area (Å²) in [6.45, 7) is 0. The molecule has 0 aromatic rings. The van der Waals surface area contributed by atoms with Crippen molar-refractivity contribution in [1.82, 2.24) is 0 Å². The number of hydrogen-bond acceptors (Lipinski definition) is 5. The molecule has 0 saturated heterocycles. The summed E-state index contributed by atoms with van der Waals surface area (Å²) in [5.41, 5.74) is 0. The summed E-state index contributed by atoms with van der Waals surface area (Å²) in [6, 6.07) is 0. The Kier molecular flexibility index (Phi) is 5.21. The van der Waals surface area contributed by atoms with Crippen molar-refractivity contribution in [3.05, 3.63) is 0 Å². The first-order valence-corrected chi connectivity index (χ1v) is 3.88. The van der Waals surface area contributed by atoms with Crippen molar-refractivity contribution in [2.24, 2.45) is 0 Å². The minimum atomic E-state index is -4.80. The van der Waals surface area contributed by atoms with Crippen LogP contribution in [0.5, 0.6) is 0 Å². The molecule has 9 heavy (non-hydrogen) atoms. The van der Waals surface area contributed by atoms with Crippen LogP contribution in [0.4, 0.5) is 0 Å². The van der Waals surface area contributed by atoms with E-state index in [4.69, 9.17) is 4.55 Å². The molecule has 0 aliphatic carbocycles. The molecule has 0 radical (unpaired) electrons. The van der Waals surface area contributed by atoms with Gasteiger partial charge in [0.25, 0.3) is 0 Å². The second-order valence-corrected chi connectivity index (χ2v) is 2.78. The maximum absolute atomic E-state index is 9.40. The molecule has 0 saturated carbocycles. The van der Waals surface area contributed by atoms with Crippen molar-refractivity contribution in [1.29, 1.82) is 0 Å². The average molecular weight is 184 g/mol. The summed E-state index contributed by atoms with van der Waals surface area (Å²) >= 11 is 0. The van der Waals surface area contributed by atoms with Gasteiger partial charge >= 0.3 is 36.9 Å². The maximum Gasteiger partial charge on any atom is 3.00 e. The smallest absolute Gasteiger partial charge is 0.478 e. The predicted octanol–water partition coefficient (Wildman–Crippen LogP) is -2.80. The van der Waals surface area contributed by atoms with Gasteiger partial charge in [-0.3, -0.25) is 4.55 Å². The van der Waals surface area contributed by atoms with E-state index < -0.39 is 19.6 Å². The van der Waals surface area contributed by atoms with E-state index in [9.17, 15) is 17.7 Å². The zero-order valence-corrected chi connectivity index (χ0v) is 6.95. The second kappa shape index (κ2) is 3.97. The van der Waals surface area contributed by atoms with Crippen LogP contribution in [0.25, 0.3) is 0 Å². The molecule has 9 heteroatoms. The third-order valence-corrected chi connectivity index (χ3v) is 1.56. The van der Waals surface area contributed by atoms with Gasteiger partial charge in [0, 0.05) is 0 Å². The minimum absolute atomic E-state index is 0. The fraction of sp³-hybridized carbons (Fsp3) is 0. The molecule has 1 N–H and O–H groups in total. The van der Waals surface area contributed by atoms with Crippen LogP contribution in [-0.2, 0) is 18.7 Å². The van der Waals surface area contributed by atoms with Gasteiger partial charge in [0.15, 0.2) is 0 Å². The van der Waals surface area contributed by atoms with Gasteiger partial charge in [-0.2, -0.15) is 8.42 Å². The van der Waals surface area contributed by atoms with E-state index in [0.717, 1.165) is 0 Å². The van der Waals surface area contributed by atoms with Gasteiger partial charge in [-0.05, 0) is 0 Å². The van der Waals surface area contributed by atoms with E-state index in [0.29, 0.717) is 0 Å². The molecule has 0 fully saturated rings. The molecular formula is HAlO6SSi+2. The normalized spacial score (nSPS) is 9.44. The quantitative estimate of drug-likeness (QED) is 0.367. The molecule has 0 bridgehead atoms.